The van der Waals surface area contributed by atoms with Crippen molar-refractivity contribution in [3.05, 3.63) is 50.8 Å². The van der Waals surface area contributed by atoms with E-state index < -0.39 is 10.0 Å². The van der Waals surface area contributed by atoms with Crippen molar-refractivity contribution >= 4 is 48.9 Å². The highest BCUT2D eigenvalue weighted by molar-refractivity contribution is 9.11. The molecule has 2 aromatic rings. The van der Waals surface area contributed by atoms with Crippen LogP contribution in [0, 0.1) is 0 Å². The van der Waals surface area contributed by atoms with Crippen LogP contribution in [-0.4, -0.2) is 15.0 Å². The molecule has 0 saturated carbocycles. The maximum Gasteiger partial charge on any atom is 0.250 e. The average Bonchev–Trinajstić information content (AvgIpc) is 2.77. The van der Waals surface area contributed by atoms with Gasteiger partial charge in [0.1, 0.15) is 4.21 Å². The van der Waals surface area contributed by atoms with E-state index >= 15 is 0 Å². The predicted molar refractivity (Wildman–Crippen MR) is 87.0 cm³/mol. The van der Waals surface area contributed by atoms with Crippen LogP contribution in [0.15, 0.2) is 44.4 Å². The highest BCUT2D eigenvalue weighted by atomic mass is 79.9. The Labute approximate surface area is 136 Å². The second-order valence-electron chi connectivity index (χ2n) is 4.17. The molecule has 0 spiro atoms. The van der Waals surface area contributed by atoms with Gasteiger partial charge in [0.2, 0.25) is 10.0 Å². The number of benzene rings is 1. The summed E-state index contributed by atoms with van der Waals surface area (Å²) in [6, 6.07) is 11.4. The minimum absolute atomic E-state index is 0.231. The number of nitrogens with one attached hydrogen (secondary N) is 1. The van der Waals surface area contributed by atoms with Crippen molar-refractivity contribution in [3.63, 3.8) is 0 Å². The second-order valence-corrected chi connectivity index (χ2v) is 8.95. The first-order chi connectivity index (χ1) is 9.49. The van der Waals surface area contributed by atoms with Crippen molar-refractivity contribution in [3.8, 4) is 0 Å². The normalized spacial score (nSPS) is 11.7. The van der Waals surface area contributed by atoms with E-state index in [4.69, 9.17) is 11.6 Å². The number of aryl methyl sites for hydroxylation is 1. The zero-order chi connectivity index (χ0) is 14.6. The van der Waals surface area contributed by atoms with Crippen LogP contribution in [0.5, 0.6) is 0 Å². The fourth-order valence-electron chi connectivity index (χ4n) is 1.67. The Kier molecular flexibility index (Phi) is 5.63. The summed E-state index contributed by atoms with van der Waals surface area (Å²) in [5.74, 6) is 0. The summed E-state index contributed by atoms with van der Waals surface area (Å²) in [5, 5.41) is 0.416. The van der Waals surface area contributed by atoms with Crippen molar-refractivity contribution < 1.29 is 8.42 Å². The highest BCUT2D eigenvalue weighted by Crippen LogP contribution is 2.34. The molecule has 0 saturated heterocycles. The molecule has 1 heterocycles. The summed E-state index contributed by atoms with van der Waals surface area (Å²) in [4.78, 5) is 0. The Balaban J connectivity index is 1.87. The molecule has 0 fully saturated rings. The Morgan fingerprint density at radius 2 is 1.95 bits per heavy atom. The van der Waals surface area contributed by atoms with Gasteiger partial charge in [-0.05, 0) is 40.4 Å². The molecule has 20 heavy (non-hydrogen) atoms. The number of thiophene rings is 1. The van der Waals surface area contributed by atoms with E-state index in [0.717, 1.165) is 24.2 Å². The number of halogens is 2. The lowest BCUT2D eigenvalue weighted by molar-refractivity contribution is 0.581. The van der Waals surface area contributed by atoms with Gasteiger partial charge in [0.05, 0.1) is 8.81 Å². The molecule has 3 nitrogen and oxygen atoms in total. The van der Waals surface area contributed by atoms with Crippen LogP contribution in [0.4, 0.5) is 0 Å². The van der Waals surface area contributed by atoms with E-state index in [1.165, 1.54) is 11.6 Å². The Morgan fingerprint density at radius 3 is 2.55 bits per heavy atom. The quantitative estimate of drug-likeness (QED) is 0.751. The van der Waals surface area contributed by atoms with Crippen molar-refractivity contribution in [2.45, 2.75) is 17.1 Å². The molecule has 108 valence electrons. The van der Waals surface area contributed by atoms with E-state index in [-0.39, 0.29) is 4.21 Å². The smallest absolute Gasteiger partial charge is 0.210 e. The Morgan fingerprint density at radius 1 is 1.25 bits per heavy atom. The van der Waals surface area contributed by atoms with Gasteiger partial charge in [-0.25, -0.2) is 13.1 Å². The Hall–Kier alpha value is -0.400. The van der Waals surface area contributed by atoms with Crippen LogP contribution in [0.2, 0.25) is 5.02 Å². The number of sulfonamides is 1. The maximum atomic E-state index is 12.0. The molecular weight excluding hydrogens is 382 g/mol. The predicted octanol–water partition coefficient (Wildman–Crippen LogP) is 4.08. The van der Waals surface area contributed by atoms with E-state index in [1.807, 2.05) is 30.3 Å². The van der Waals surface area contributed by atoms with Crippen molar-refractivity contribution in [1.29, 1.82) is 0 Å². The first-order valence-electron chi connectivity index (χ1n) is 5.97. The van der Waals surface area contributed by atoms with Crippen molar-refractivity contribution in [1.82, 2.24) is 4.72 Å². The molecule has 2 rings (SSSR count). The molecule has 0 aliphatic heterocycles. The van der Waals surface area contributed by atoms with Gasteiger partial charge in [0, 0.05) is 6.54 Å². The minimum atomic E-state index is -3.46. The fourth-order valence-corrected chi connectivity index (χ4v) is 5.19. The van der Waals surface area contributed by atoms with Crippen LogP contribution in [0.3, 0.4) is 0 Å². The summed E-state index contributed by atoms with van der Waals surface area (Å²) >= 11 is 10.2. The number of rotatable bonds is 6. The number of hydrogen-bond acceptors (Lipinski definition) is 3. The lowest BCUT2D eigenvalue weighted by atomic mass is 10.1. The maximum absolute atomic E-state index is 12.0. The third-order valence-corrected chi connectivity index (χ3v) is 7.07. The minimum Gasteiger partial charge on any atom is -0.210 e. The second kappa shape index (κ2) is 7.04. The van der Waals surface area contributed by atoms with Crippen molar-refractivity contribution in [2.24, 2.45) is 0 Å². The largest absolute Gasteiger partial charge is 0.250 e. The standard InChI is InChI=1S/C13H13BrClNO2S2/c14-13-11(15)9-12(19-13)20(17,18)16-8-4-7-10-5-2-1-3-6-10/h1-3,5-6,9,16H,4,7-8H2. The first kappa shape index (κ1) is 16.0. The molecule has 1 aromatic heterocycles. The topological polar surface area (TPSA) is 46.2 Å². The Bertz CT molecular complexity index is 651. The molecule has 0 atom stereocenters. The summed E-state index contributed by atoms with van der Waals surface area (Å²) in [5.41, 5.74) is 1.20. The van der Waals surface area contributed by atoms with Crippen LogP contribution in [0.25, 0.3) is 0 Å². The van der Waals surface area contributed by atoms with E-state index in [2.05, 4.69) is 20.7 Å². The zero-order valence-corrected chi connectivity index (χ0v) is 14.4. The zero-order valence-electron chi connectivity index (χ0n) is 10.5. The van der Waals surface area contributed by atoms with Gasteiger partial charge in [-0.15, -0.1) is 11.3 Å². The third kappa shape index (κ3) is 4.30. The summed E-state index contributed by atoms with van der Waals surface area (Å²) in [6.45, 7) is 0.407. The molecule has 7 heteroatoms. The van der Waals surface area contributed by atoms with Gasteiger partial charge in [0.15, 0.2) is 0 Å². The van der Waals surface area contributed by atoms with Crippen molar-refractivity contribution in [2.75, 3.05) is 6.54 Å². The molecule has 0 aliphatic rings. The molecule has 0 bridgehead atoms. The van der Waals surface area contributed by atoms with Gasteiger partial charge >= 0.3 is 0 Å². The highest BCUT2D eigenvalue weighted by Gasteiger charge is 2.18. The molecule has 1 N–H and O–H groups in total. The number of hydrogen-bond donors (Lipinski definition) is 1. The SMILES string of the molecule is O=S(=O)(NCCCc1ccccc1)c1cc(Cl)c(Br)s1. The monoisotopic (exact) mass is 393 g/mol. The molecule has 1 aromatic carbocycles. The van der Waals surface area contributed by atoms with Crippen LogP contribution in [0.1, 0.15) is 12.0 Å². The van der Waals surface area contributed by atoms with Gasteiger partial charge in [-0.3, -0.25) is 0 Å². The van der Waals surface area contributed by atoms with Gasteiger partial charge in [-0.1, -0.05) is 41.9 Å². The summed E-state index contributed by atoms with van der Waals surface area (Å²) in [7, 11) is -3.46. The average molecular weight is 395 g/mol. The van der Waals surface area contributed by atoms with Gasteiger partial charge in [-0.2, -0.15) is 0 Å². The molecule has 0 aliphatic carbocycles. The van der Waals surface area contributed by atoms with Crippen LogP contribution >= 0.6 is 38.9 Å². The summed E-state index contributed by atoms with van der Waals surface area (Å²) < 4.78 is 27.5. The third-order valence-electron chi connectivity index (χ3n) is 2.66. The lowest BCUT2D eigenvalue weighted by Crippen LogP contribution is -2.24. The van der Waals surface area contributed by atoms with Crippen LogP contribution < -0.4 is 4.72 Å². The van der Waals surface area contributed by atoms with E-state index in [9.17, 15) is 8.42 Å². The summed E-state index contributed by atoms with van der Waals surface area (Å²) in [6.07, 6.45) is 1.60. The van der Waals surface area contributed by atoms with Gasteiger partial charge in [0.25, 0.3) is 0 Å². The van der Waals surface area contributed by atoms with Gasteiger partial charge < -0.3 is 0 Å². The molecular formula is C13H13BrClNO2S2. The molecule has 0 amide bonds. The molecule has 0 unspecified atom stereocenters. The van der Waals surface area contributed by atoms with Crippen LogP contribution in [-0.2, 0) is 16.4 Å². The molecule has 0 radical (unpaired) electrons. The first-order valence-corrected chi connectivity index (χ1v) is 9.44. The van der Waals surface area contributed by atoms with E-state index in [0.29, 0.717) is 15.4 Å². The fraction of sp³-hybridized carbons (Fsp3) is 0.231. The van der Waals surface area contributed by atoms with E-state index in [1.54, 1.807) is 0 Å². The lowest BCUT2D eigenvalue weighted by Gasteiger charge is -2.04.